The highest BCUT2D eigenvalue weighted by Crippen LogP contribution is 2.53. The monoisotopic (exact) mass is 637 g/mol. The van der Waals surface area contributed by atoms with Crippen molar-refractivity contribution in [2.24, 2.45) is 0 Å². The molecule has 37 heavy (non-hydrogen) atoms. The number of ether oxygens (including phenoxy) is 2. The van der Waals surface area contributed by atoms with Gasteiger partial charge in [0.1, 0.15) is 27.2 Å². The van der Waals surface area contributed by atoms with Crippen LogP contribution in [0.15, 0.2) is 18.2 Å². The molecule has 2 saturated heterocycles. The maximum absolute atomic E-state index is 12.3. The number of thioether (sulfide) groups is 1. The van der Waals surface area contributed by atoms with E-state index in [1.807, 2.05) is 18.2 Å². The van der Waals surface area contributed by atoms with Crippen molar-refractivity contribution in [3.05, 3.63) is 23.8 Å². The zero-order valence-electron chi connectivity index (χ0n) is 21.6. The second-order valence-electron chi connectivity index (χ2n) is 9.90. The van der Waals surface area contributed by atoms with Gasteiger partial charge in [-0.3, -0.25) is 4.79 Å². The van der Waals surface area contributed by atoms with Gasteiger partial charge >= 0.3 is 5.97 Å². The normalized spacial score (nSPS) is 27.1. The number of unbranched alkanes of at least 4 members (excludes halogenated alkanes) is 5. The van der Waals surface area contributed by atoms with Gasteiger partial charge in [-0.15, -0.1) is 23.4 Å². The molecule has 3 aliphatic heterocycles. The molecule has 0 spiro atoms. The highest BCUT2D eigenvalue weighted by atomic mass is 79.9. The molecule has 0 bridgehead atoms. The van der Waals surface area contributed by atoms with E-state index in [1.54, 1.807) is 6.92 Å². The number of carbonyl (C=O) groups is 2. The fourth-order valence-corrected chi connectivity index (χ4v) is 8.63. The largest absolute Gasteiger partial charge is 0.616 e. The Hall–Kier alpha value is -0.810. The van der Waals surface area contributed by atoms with E-state index in [0.717, 1.165) is 30.1 Å². The number of halogens is 2. The molecule has 7 nitrogen and oxygen atoms in total. The Labute approximate surface area is 240 Å². The van der Waals surface area contributed by atoms with E-state index in [0.29, 0.717) is 6.79 Å². The van der Waals surface area contributed by atoms with Gasteiger partial charge in [0.2, 0.25) is 12.7 Å². The van der Waals surface area contributed by atoms with E-state index in [1.165, 1.54) is 54.3 Å². The quantitative estimate of drug-likeness (QED) is 0.138. The summed E-state index contributed by atoms with van der Waals surface area (Å²) in [4.78, 5) is 23.8. The van der Waals surface area contributed by atoms with Crippen LogP contribution in [0.3, 0.4) is 0 Å². The predicted octanol–water partition coefficient (Wildman–Crippen LogP) is 5.57. The third kappa shape index (κ3) is 7.44. The van der Waals surface area contributed by atoms with Gasteiger partial charge in [0.05, 0.1) is 4.75 Å². The van der Waals surface area contributed by atoms with Crippen LogP contribution < -0.4 is 9.47 Å². The number of amides is 1. The molecule has 3 aliphatic rings. The number of rotatable bonds is 12. The fourth-order valence-electron chi connectivity index (χ4n) is 4.68. The molecular formula is C26H37BrClNO6S2. The summed E-state index contributed by atoms with van der Waals surface area (Å²) in [6.07, 6.45) is 8.32. The Morgan fingerprint density at radius 1 is 1.30 bits per heavy atom. The van der Waals surface area contributed by atoms with Gasteiger partial charge in [-0.1, -0.05) is 65.8 Å². The van der Waals surface area contributed by atoms with Crippen LogP contribution >= 0.6 is 39.3 Å². The van der Waals surface area contributed by atoms with Gasteiger partial charge in [-0.25, -0.2) is 4.79 Å². The maximum atomic E-state index is 12.3. The van der Waals surface area contributed by atoms with E-state index >= 15 is 0 Å². The highest BCUT2D eigenvalue weighted by Gasteiger charge is 2.64. The van der Waals surface area contributed by atoms with E-state index in [9.17, 15) is 14.1 Å². The molecule has 6 atom stereocenters. The molecule has 0 saturated carbocycles. The van der Waals surface area contributed by atoms with Crippen LogP contribution in [0.2, 0.25) is 0 Å². The second kappa shape index (κ2) is 14.0. The number of carboxylic acids is 1. The summed E-state index contributed by atoms with van der Waals surface area (Å²) < 4.78 is 22.4. The Kier molecular flexibility index (Phi) is 11.6. The fraction of sp³-hybridized carbons (Fsp3) is 0.692. The first-order valence-electron chi connectivity index (χ1n) is 12.8. The number of benzene rings is 1. The average molecular weight is 639 g/mol. The molecule has 3 heterocycles. The van der Waals surface area contributed by atoms with Crippen molar-refractivity contribution < 1.29 is 28.7 Å². The van der Waals surface area contributed by atoms with E-state index in [2.05, 4.69) is 29.8 Å². The minimum atomic E-state index is -0.985. The van der Waals surface area contributed by atoms with Crippen LogP contribution in [-0.4, -0.2) is 71.1 Å². The summed E-state index contributed by atoms with van der Waals surface area (Å²) in [7, 11) is 0. The molecule has 1 aromatic rings. The van der Waals surface area contributed by atoms with Crippen molar-refractivity contribution in [1.29, 1.82) is 0 Å². The van der Waals surface area contributed by atoms with Crippen molar-refractivity contribution in [3.63, 3.8) is 0 Å². The topological polar surface area (TPSA) is 99.1 Å². The third-order valence-electron chi connectivity index (χ3n) is 6.87. The average Bonchev–Trinajstić information content (AvgIpc) is 3.46. The van der Waals surface area contributed by atoms with Crippen molar-refractivity contribution in [2.75, 3.05) is 18.4 Å². The number of hydrogen-bond acceptors (Lipinski definition) is 6. The summed E-state index contributed by atoms with van der Waals surface area (Å²) in [6.45, 7) is 6.40. The number of fused-ring (bicyclic) bond motifs is 2. The molecule has 1 aromatic carbocycles. The number of alkyl halides is 2. The molecule has 0 radical (unpaired) electrons. The van der Waals surface area contributed by atoms with Crippen LogP contribution in [0, 0.1) is 0 Å². The van der Waals surface area contributed by atoms with Gasteiger partial charge in [0, 0.05) is 12.3 Å². The molecule has 4 rings (SSSR count). The summed E-state index contributed by atoms with van der Waals surface area (Å²) in [5.74, 6) is 1.53. The van der Waals surface area contributed by atoms with Crippen LogP contribution in [0.1, 0.15) is 64.9 Å². The van der Waals surface area contributed by atoms with Crippen molar-refractivity contribution in [1.82, 2.24) is 4.90 Å². The number of nitrogens with zero attached hydrogens (tertiary/aromatic N) is 1. The van der Waals surface area contributed by atoms with Crippen molar-refractivity contribution >= 4 is 62.3 Å². The number of carbonyl (C=O) groups excluding carboxylic acids is 1. The third-order valence-corrected chi connectivity index (χ3v) is 12.2. The SMILES string of the molecule is CCCCCCCC[S+]([O-])C(C)Cc1ccc2c(c1)OCO2.C[C@@]1(CCl)S[C@@H]2[C@@H](Br)C(=O)N2C1C(=O)O. The van der Waals surface area contributed by atoms with E-state index in [-0.39, 0.29) is 27.2 Å². The Morgan fingerprint density at radius 3 is 2.65 bits per heavy atom. The molecule has 11 heteroatoms. The lowest BCUT2D eigenvalue weighted by molar-refractivity contribution is -0.156. The highest BCUT2D eigenvalue weighted by molar-refractivity contribution is 9.10. The molecule has 1 N–H and O–H groups in total. The predicted molar refractivity (Wildman–Crippen MR) is 154 cm³/mol. The Balaban J connectivity index is 0.000000220. The number of aliphatic carboxylic acids is 1. The summed E-state index contributed by atoms with van der Waals surface area (Å²) in [6, 6.07) is 5.19. The van der Waals surface area contributed by atoms with Gasteiger partial charge in [0.15, 0.2) is 11.5 Å². The molecule has 1 amide bonds. The number of β-lactam (4-membered cyclic amide) rings is 1. The van der Waals surface area contributed by atoms with Gasteiger partial charge < -0.3 is 24.0 Å². The number of carboxylic acid groups (broad SMARTS) is 1. The van der Waals surface area contributed by atoms with Crippen LogP contribution in [0.25, 0.3) is 0 Å². The first-order chi connectivity index (χ1) is 17.6. The second-order valence-corrected chi connectivity index (χ2v) is 14.8. The van der Waals surface area contributed by atoms with Crippen LogP contribution in [0.5, 0.6) is 11.5 Å². The standard InChI is InChI=1S/C18H28O3S.C8H9BrClNO3S/c1-3-4-5-6-7-8-11-22(19)15(2)12-16-9-10-17-18(13-16)21-14-20-17;1-8(2-10)4(7(13)14)11-5(12)3(9)6(11)15-8/h9-10,13,15H,3-8,11-12,14H2,1-2H3;3-4,6H,2H2,1H3,(H,13,14)/t;3-,4?,6+,8-/m.0/s1. The molecule has 2 fully saturated rings. The van der Waals surface area contributed by atoms with Crippen molar-refractivity contribution in [2.45, 2.75) is 92.0 Å². The van der Waals surface area contributed by atoms with Gasteiger partial charge in [-0.2, -0.15) is 0 Å². The van der Waals surface area contributed by atoms with Crippen LogP contribution in [-0.2, 0) is 27.2 Å². The van der Waals surface area contributed by atoms with Gasteiger partial charge in [0.25, 0.3) is 0 Å². The lowest BCUT2D eigenvalue weighted by Crippen LogP contribution is -2.63. The lowest BCUT2D eigenvalue weighted by Gasteiger charge is -2.40. The molecule has 0 aliphatic carbocycles. The van der Waals surface area contributed by atoms with Crippen LogP contribution in [0.4, 0.5) is 0 Å². The Morgan fingerprint density at radius 2 is 1.97 bits per heavy atom. The minimum Gasteiger partial charge on any atom is -0.616 e. The molecular weight excluding hydrogens is 602 g/mol. The first-order valence-corrected chi connectivity index (χ1v) is 16.5. The zero-order chi connectivity index (χ0) is 27.2. The summed E-state index contributed by atoms with van der Waals surface area (Å²) in [5, 5.41) is 9.22. The van der Waals surface area contributed by atoms with Gasteiger partial charge in [-0.05, 0) is 44.4 Å². The zero-order valence-corrected chi connectivity index (χ0v) is 25.6. The van der Waals surface area contributed by atoms with E-state index in [4.69, 9.17) is 26.2 Å². The molecule has 3 unspecified atom stereocenters. The maximum Gasteiger partial charge on any atom is 0.327 e. The summed E-state index contributed by atoms with van der Waals surface area (Å²) in [5.41, 5.74) is 1.17. The molecule has 208 valence electrons. The van der Waals surface area contributed by atoms with E-state index < -0.39 is 27.9 Å². The molecule has 0 aromatic heterocycles. The smallest absolute Gasteiger partial charge is 0.327 e. The first kappa shape index (κ1) is 30.7. The minimum absolute atomic E-state index is 0.0950. The Bertz CT molecular complexity index is 942. The lowest BCUT2D eigenvalue weighted by atomic mass is 9.98. The van der Waals surface area contributed by atoms with Crippen molar-refractivity contribution in [3.8, 4) is 11.5 Å². The number of hydrogen-bond donors (Lipinski definition) is 1. The summed E-state index contributed by atoms with van der Waals surface area (Å²) >= 11 is 9.76.